The van der Waals surface area contributed by atoms with Crippen LogP contribution >= 0.6 is 0 Å². The highest BCUT2D eigenvalue weighted by Gasteiger charge is 2.28. The molecule has 1 aliphatic rings. The van der Waals surface area contributed by atoms with Gasteiger partial charge >= 0.3 is 0 Å². The second-order valence-corrected chi connectivity index (χ2v) is 4.98. The van der Waals surface area contributed by atoms with Crippen molar-refractivity contribution in [1.29, 1.82) is 0 Å². The molecule has 2 unspecified atom stereocenters. The van der Waals surface area contributed by atoms with E-state index < -0.39 is 0 Å². The van der Waals surface area contributed by atoms with E-state index in [1.165, 1.54) is 6.07 Å². The van der Waals surface area contributed by atoms with Crippen molar-refractivity contribution in [3.63, 3.8) is 0 Å². The lowest BCUT2D eigenvalue weighted by atomic mass is 9.91. The topological polar surface area (TPSA) is 49.5 Å². The van der Waals surface area contributed by atoms with Crippen LogP contribution in [0, 0.1) is 5.82 Å². The van der Waals surface area contributed by atoms with Gasteiger partial charge in [0.05, 0.1) is 17.8 Å². The van der Waals surface area contributed by atoms with E-state index in [1.54, 1.807) is 6.07 Å². The van der Waals surface area contributed by atoms with Gasteiger partial charge in [-0.05, 0) is 24.5 Å². The van der Waals surface area contributed by atoms with Crippen LogP contribution in [-0.4, -0.2) is 24.3 Å². The number of nitrogens with zero attached hydrogens (tertiary/aromatic N) is 1. The Hall–Kier alpha value is -1.13. The molecule has 18 heavy (non-hydrogen) atoms. The average molecular weight is 252 g/mol. The zero-order valence-corrected chi connectivity index (χ0v) is 10.8. The minimum Gasteiger partial charge on any atom is -0.391 e. The van der Waals surface area contributed by atoms with Crippen molar-refractivity contribution in [2.75, 3.05) is 11.9 Å². The van der Waals surface area contributed by atoms with Gasteiger partial charge in [-0.1, -0.05) is 25.0 Å². The summed E-state index contributed by atoms with van der Waals surface area (Å²) in [7, 11) is 1.84. The van der Waals surface area contributed by atoms with Crippen LogP contribution < -0.4 is 10.6 Å². The molecule has 3 nitrogen and oxygen atoms in total. The Morgan fingerprint density at radius 3 is 2.78 bits per heavy atom. The fourth-order valence-corrected chi connectivity index (χ4v) is 2.83. The Balaban J connectivity index is 2.29. The van der Waals surface area contributed by atoms with Crippen LogP contribution in [0.3, 0.4) is 0 Å². The maximum atomic E-state index is 14.0. The quantitative estimate of drug-likeness (QED) is 0.865. The Labute approximate surface area is 107 Å². The van der Waals surface area contributed by atoms with Crippen molar-refractivity contribution < 1.29 is 9.50 Å². The minimum absolute atomic E-state index is 0.0130. The first-order chi connectivity index (χ1) is 8.65. The molecule has 0 saturated heterocycles. The second kappa shape index (κ2) is 5.67. The zero-order valence-electron chi connectivity index (χ0n) is 10.8. The number of aliphatic hydroxyl groups excluding tert-OH is 1. The molecule has 0 amide bonds. The lowest BCUT2D eigenvalue weighted by Crippen LogP contribution is -2.44. The van der Waals surface area contributed by atoms with Gasteiger partial charge in [-0.25, -0.2) is 4.39 Å². The number of anilines is 1. The fraction of sp³-hybridized carbons (Fsp3) is 0.571. The van der Waals surface area contributed by atoms with E-state index in [1.807, 2.05) is 18.0 Å². The SMILES string of the molecule is CN(c1c(F)cccc1CN)C1CCCCC1O. The summed E-state index contributed by atoms with van der Waals surface area (Å²) in [5, 5.41) is 10.1. The van der Waals surface area contributed by atoms with Crippen molar-refractivity contribution in [3.05, 3.63) is 29.6 Å². The van der Waals surface area contributed by atoms with E-state index in [-0.39, 0.29) is 18.0 Å². The molecule has 1 aromatic rings. The van der Waals surface area contributed by atoms with Gasteiger partial charge in [-0.15, -0.1) is 0 Å². The molecule has 1 fully saturated rings. The summed E-state index contributed by atoms with van der Waals surface area (Å²) in [5.41, 5.74) is 6.99. The van der Waals surface area contributed by atoms with Crippen molar-refractivity contribution in [2.45, 2.75) is 44.4 Å². The highest BCUT2D eigenvalue weighted by atomic mass is 19.1. The Morgan fingerprint density at radius 2 is 2.11 bits per heavy atom. The largest absolute Gasteiger partial charge is 0.391 e. The number of hydrogen-bond donors (Lipinski definition) is 2. The highest BCUT2D eigenvalue weighted by molar-refractivity contribution is 5.55. The number of nitrogens with two attached hydrogens (primary N) is 1. The van der Waals surface area contributed by atoms with E-state index in [9.17, 15) is 9.50 Å². The number of likely N-dealkylation sites (N-methyl/N-ethyl adjacent to an activating group) is 1. The highest BCUT2D eigenvalue weighted by Crippen LogP contribution is 2.30. The summed E-state index contributed by atoms with van der Waals surface area (Å²) >= 11 is 0. The lowest BCUT2D eigenvalue weighted by Gasteiger charge is -2.37. The molecule has 1 saturated carbocycles. The molecule has 0 aromatic heterocycles. The summed E-state index contributed by atoms with van der Waals surface area (Å²) in [6, 6.07) is 4.94. The first-order valence-electron chi connectivity index (χ1n) is 6.53. The number of para-hydroxylation sites is 1. The van der Waals surface area contributed by atoms with Gasteiger partial charge in [0.25, 0.3) is 0 Å². The van der Waals surface area contributed by atoms with Gasteiger partial charge in [0, 0.05) is 13.6 Å². The number of hydrogen-bond acceptors (Lipinski definition) is 3. The molecule has 0 bridgehead atoms. The third-order valence-electron chi connectivity index (χ3n) is 3.83. The van der Waals surface area contributed by atoms with Crippen LogP contribution in [-0.2, 0) is 6.54 Å². The normalized spacial score (nSPS) is 24.0. The fourth-order valence-electron chi connectivity index (χ4n) is 2.83. The Morgan fingerprint density at radius 1 is 1.39 bits per heavy atom. The van der Waals surface area contributed by atoms with Gasteiger partial charge in [0.1, 0.15) is 5.82 Å². The first-order valence-corrected chi connectivity index (χ1v) is 6.53. The Bertz CT molecular complexity index is 411. The molecule has 2 rings (SSSR count). The van der Waals surface area contributed by atoms with Crippen LogP contribution in [0.25, 0.3) is 0 Å². The van der Waals surface area contributed by atoms with Crippen molar-refractivity contribution >= 4 is 5.69 Å². The average Bonchev–Trinajstić information content (AvgIpc) is 2.38. The Kier molecular flexibility index (Phi) is 4.19. The summed E-state index contributed by atoms with van der Waals surface area (Å²) in [6.07, 6.45) is 3.44. The van der Waals surface area contributed by atoms with Gasteiger partial charge in [0.15, 0.2) is 0 Å². The third kappa shape index (κ3) is 2.49. The number of benzene rings is 1. The molecule has 1 aromatic carbocycles. The summed E-state index contributed by atoms with van der Waals surface area (Å²) in [5.74, 6) is -0.266. The maximum absolute atomic E-state index is 14.0. The van der Waals surface area contributed by atoms with Crippen molar-refractivity contribution in [1.82, 2.24) is 0 Å². The smallest absolute Gasteiger partial charge is 0.146 e. The summed E-state index contributed by atoms with van der Waals surface area (Å²) in [6.45, 7) is 0.306. The molecule has 1 aliphatic carbocycles. The maximum Gasteiger partial charge on any atom is 0.146 e. The molecule has 2 atom stereocenters. The van der Waals surface area contributed by atoms with Crippen molar-refractivity contribution in [2.24, 2.45) is 5.73 Å². The molecular weight excluding hydrogens is 231 g/mol. The van der Waals surface area contributed by atoms with E-state index in [2.05, 4.69) is 0 Å². The molecule has 0 radical (unpaired) electrons. The van der Waals surface area contributed by atoms with Crippen LogP contribution in [0.5, 0.6) is 0 Å². The zero-order chi connectivity index (χ0) is 13.1. The van der Waals surface area contributed by atoms with Crippen LogP contribution in [0.15, 0.2) is 18.2 Å². The van der Waals surface area contributed by atoms with E-state index in [0.29, 0.717) is 12.2 Å². The number of rotatable bonds is 3. The summed E-state index contributed by atoms with van der Waals surface area (Å²) < 4.78 is 14.0. The monoisotopic (exact) mass is 252 g/mol. The predicted molar refractivity (Wildman–Crippen MR) is 71.0 cm³/mol. The first kappa shape index (κ1) is 13.3. The van der Waals surface area contributed by atoms with E-state index >= 15 is 0 Å². The lowest BCUT2D eigenvalue weighted by molar-refractivity contribution is 0.106. The molecule has 4 heteroatoms. The molecule has 3 N–H and O–H groups in total. The standard InChI is InChI=1S/C14H21FN2O/c1-17(12-7-2-3-8-13(12)18)14-10(9-16)5-4-6-11(14)15/h4-6,12-13,18H,2-3,7-9,16H2,1H3. The number of halogens is 1. The van der Waals surface area contributed by atoms with E-state index in [0.717, 1.165) is 31.2 Å². The van der Waals surface area contributed by atoms with Crippen LogP contribution in [0.4, 0.5) is 10.1 Å². The third-order valence-corrected chi connectivity index (χ3v) is 3.83. The van der Waals surface area contributed by atoms with Gasteiger partial charge in [-0.3, -0.25) is 0 Å². The van der Waals surface area contributed by atoms with Gasteiger partial charge in [-0.2, -0.15) is 0 Å². The number of aliphatic hydroxyl groups is 1. The molecule has 0 aliphatic heterocycles. The van der Waals surface area contributed by atoms with Crippen LogP contribution in [0.2, 0.25) is 0 Å². The van der Waals surface area contributed by atoms with Crippen molar-refractivity contribution in [3.8, 4) is 0 Å². The molecule has 0 heterocycles. The summed E-state index contributed by atoms with van der Waals surface area (Å²) in [4.78, 5) is 1.86. The van der Waals surface area contributed by atoms with Gasteiger partial charge in [0.2, 0.25) is 0 Å². The molecular formula is C14H21FN2O. The molecule has 0 spiro atoms. The molecule has 100 valence electrons. The second-order valence-electron chi connectivity index (χ2n) is 4.98. The van der Waals surface area contributed by atoms with E-state index in [4.69, 9.17) is 5.73 Å². The van der Waals surface area contributed by atoms with Crippen LogP contribution in [0.1, 0.15) is 31.2 Å². The minimum atomic E-state index is -0.381. The predicted octanol–water partition coefficient (Wildman–Crippen LogP) is 2.02. The van der Waals surface area contributed by atoms with Gasteiger partial charge < -0.3 is 15.7 Å².